The van der Waals surface area contributed by atoms with Crippen LogP contribution >= 0.6 is 11.3 Å². The largest absolute Gasteiger partial charge is 0.396 e. The molecule has 1 aromatic rings. The van der Waals surface area contributed by atoms with Gasteiger partial charge in [0.25, 0.3) is 10.0 Å². The molecular weight excluding hydrogens is 308 g/mol. The molecule has 1 unspecified atom stereocenters. The van der Waals surface area contributed by atoms with E-state index < -0.39 is 10.0 Å². The molecule has 1 aliphatic rings. The van der Waals surface area contributed by atoms with Crippen molar-refractivity contribution in [1.29, 1.82) is 0 Å². The number of piperazine rings is 1. The summed E-state index contributed by atoms with van der Waals surface area (Å²) in [5.41, 5.74) is 0. The molecule has 1 atom stereocenters. The third kappa shape index (κ3) is 3.84. The standard InChI is InChI=1S/C14H24N2O3S2/c1-3-12(2)15-7-9-16(10-8-15)21(18,19)14-5-4-13(20-14)6-11-17/h4-5,12,17H,3,6-11H2,1-2H3. The summed E-state index contributed by atoms with van der Waals surface area (Å²) in [6, 6.07) is 3.96. The number of rotatable bonds is 6. The van der Waals surface area contributed by atoms with Crippen molar-refractivity contribution in [2.24, 2.45) is 0 Å². The first-order valence-electron chi connectivity index (χ1n) is 7.42. The molecule has 120 valence electrons. The van der Waals surface area contributed by atoms with Gasteiger partial charge in [-0.15, -0.1) is 11.3 Å². The number of thiophene rings is 1. The van der Waals surface area contributed by atoms with Crippen LogP contribution in [0.5, 0.6) is 0 Å². The molecule has 5 nitrogen and oxygen atoms in total. The topological polar surface area (TPSA) is 60.9 Å². The summed E-state index contributed by atoms with van der Waals surface area (Å²) in [5, 5.41) is 8.93. The minimum Gasteiger partial charge on any atom is -0.396 e. The van der Waals surface area contributed by atoms with Crippen LogP contribution in [0.3, 0.4) is 0 Å². The van der Waals surface area contributed by atoms with Crippen molar-refractivity contribution in [3.63, 3.8) is 0 Å². The molecule has 1 fully saturated rings. The Morgan fingerprint density at radius 2 is 1.95 bits per heavy atom. The maximum absolute atomic E-state index is 12.6. The van der Waals surface area contributed by atoms with Gasteiger partial charge in [0.15, 0.2) is 0 Å². The molecule has 0 saturated carbocycles. The lowest BCUT2D eigenvalue weighted by molar-refractivity contribution is 0.143. The Bertz CT molecular complexity index is 548. The van der Waals surface area contributed by atoms with Gasteiger partial charge in [-0.05, 0) is 25.5 Å². The Morgan fingerprint density at radius 1 is 1.29 bits per heavy atom. The second-order valence-corrected chi connectivity index (χ2v) is 8.72. The molecule has 1 aromatic heterocycles. The molecule has 2 rings (SSSR count). The van der Waals surface area contributed by atoms with Crippen LogP contribution in [-0.4, -0.2) is 61.6 Å². The van der Waals surface area contributed by atoms with Crippen molar-refractivity contribution in [2.45, 2.75) is 36.9 Å². The van der Waals surface area contributed by atoms with Crippen molar-refractivity contribution in [3.05, 3.63) is 17.0 Å². The van der Waals surface area contributed by atoms with Gasteiger partial charge >= 0.3 is 0 Å². The molecule has 21 heavy (non-hydrogen) atoms. The highest BCUT2D eigenvalue weighted by atomic mass is 32.2. The smallest absolute Gasteiger partial charge is 0.252 e. The third-order valence-electron chi connectivity index (χ3n) is 4.08. The number of aliphatic hydroxyl groups is 1. The first-order valence-corrected chi connectivity index (χ1v) is 9.68. The highest BCUT2D eigenvalue weighted by Gasteiger charge is 2.30. The molecule has 7 heteroatoms. The van der Waals surface area contributed by atoms with E-state index in [-0.39, 0.29) is 6.61 Å². The van der Waals surface area contributed by atoms with Gasteiger partial charge in [0.2, 0.25) is 0 Å². The quantitative estimate of drug-likeness (QED) is 0.855. The van der Waals surface area contributed by atoms with E-state index in [1.165, 1.54) is 11.3 Å². The Kier molecular flexibility index (Phi) is 5.79. The van der Waals surface area contributed by atoms with Crippen LogP contribution in [0.15, 0.2) is 16.3 Å². The van der Waals surface area contributed by atoms with Crippen LogP contribution in [0, 0.1) is 0 Å². The van der Waals surface area contributed by atoms with Crippen molar-refractivity contribution >= 4 is 21.4 Å². The second kappa shape index (κ2) is 7.19. The second-order valence-electron chi connectivity index (χ2n) is 5.39. The zero-order valence-corrected chi connectivity index (χ0v) is 14.3. The van der Waals surface area contributed by atoms with Crippen LogP contribution in [0.25, 0.3) is 0 Å². The first kappa shape index (κ1) is 16.9. The number of aliphatic hydroxyl groups excluding tert-OH is 1. The number of hydrogen-bond donors (Lipinski definition) is 1. The van der Waals surface area contributed by atoms with Crippen LogP contribution in [0.2, 0.25) is 0 Å². The minimum atomic E-state index is -3.37. The Labute approximate surface area is 131 Å². The average Bonchev–Trinajstić information content (AvgIpc) is 2.96. The molecule has 1 aliphatic heterocycles. The van der Waals surface area contributed by atoms with E-state index in [0.29, 0.717) is 29.8 Å². The van der Waals surface area contributed by atoms with Crippen molar-refractivity contribution < 1.29 is 13.5 Å². The van der Waals surface area contributed by atoms with Crippen LogP contribution in [0.4, 0.5) is 0 Å². The van der Waals surface area contributed by atoms with E-state index in [4.69, 9.17) is 5.11 Å². The zero-order valence-electron chi connectivity index (χ0n) is 12.7. The fourth-order valence-electron chi connectivity index (χ4n) is 2.51. The van der Waals surface area contributed by atoms with Crippen molar-refractivity contribution in [2.75, 3.05) is 32.8 Å². The van der Waals surface area contributed by atoms with Gasteiger partial charge in [-0.2, -0.15) is 4.31 Å². The maximum Gasteiger partial charge on any atom is 0.252 e. The van der Waals surface area contributed by atoms with E-state index in [1.54, 1.807) is 16.4 Å². The highest BCUT2D eigenvalue weighted by Crippen LogP contribution is 2.26. The molecule has 2 heterocycles. The van der Waals surface area contributed by atoms with Gasteiger partial charge < -0.3 is 5.11 Å². The summed E-state index contributed by atoms with van der Waals surface area (Å²) in [7, 11) is -3.37. The predicted octanol–water partition coefficient (Wildman–Crippen LogP) is 1.39. The number of sulfonamides is 1. The summed E-state index contributed by atoms with van der Waals surface area (Å²) < 4.78 is 27.2. The Morgan fingerprint density at radius 3 is 2.52 bits per heavy atom. The Hall–Kier alpha value is -0.470. The van der Waals surface area contributed by atoms with Gasteiger partial charge in [0, 0.05) is 50.1 Å². The van der Waals surface area contributed by atoms with E-state index in [0.717, 1.165) is 24.4 Å². The van der Waals surface area contributed by atoms with Gasteiger partial charge in [-0.3, -0.25) is 4.90 Å². The lowest BCUT2D eigenvalue weighted by Crippen LogP contribution is -2.50. The van der Waals surface area contributed by atoms with Gasteiger partial charge in [-0.1, -0.05) is 6.92 Å². The van der Waals surface area contributed by atoms with Gasteiger partial charge in [0.05, 0.1) is 0 Å². The normalized spacial score (nSPS) is 19.8. The predicted molar refractivity (Wildman–Crippen MR) is 85.2 cm³/mol. The number of hydrogen-bond acceptors (Lipinski definition) is 5. The molecule has 0 aliphatic carbocycles. The number of nitrogens with zero attached hydrogens (tertiary/aromatic N) is 2. The van der Waals surface area contributed by atoms with Crippen molar-refractivity contribution in [1.82, 2.24) is 9.21 Å². The molecule has 0 amide bonds. The summed E-state index contributed by atoms with van der Waals surface area (Å²) in [5.74, 6) is 0. The molecule has 0 radical (unpaired) electrons. The lowest BCUT2D eigenvalue weighted by Gasteiger charge is -2.36. The fraction of sp³-hybridized carbons (Fsp3) is 0.714. The first-order chi connectivity index (χ1) is 9.98. The SMILES string of the molecule is CCC(C)N1CCN(S(=O)(=O)c2ccc(CCO)s2)CC1. The Balaban J connectivity index is 2.03. The highest BCUT2D eigenvalue weighted by molar-refractivity contribution is 7.91. The van der Waals surface area contributed by atoms with E-state index in [1.807, 2.05) is 0 Å². The third-order valence-corrected chi connectivity index (χ3v) is 7.59. The van der Waals surface area contributed by atoms with Crippen LogP contribution in [0.1, 0.15) is 25.1 Å². The molecule has 0 bridgehead atoms. The van der Waals surface area contributed by atoms with E-state index >= 15 is 0 Å². The van der Waals surface area contributed by atoms with E-state index in [9.17, 15) is 8.42 Å². The van der Waals surface area contributed by atoms with E-state index in [2.05, 4.69) is 18.7 Å². The monoisotopic (exact) mass is 332 g/mol. The minimum absolute atomic E-state index is 0.0492. The van der Waals surface area contributed by atoms with Crippen LogP contribution in [-0.2, 0) is 16.4 Å². The summed E-state index contributed by atoms with van der Waals surface area (Å²) in [4.78, 5) is 3.26. The molecular formula is C14H24N2O3S2. The zero-order chi connectivity index (χ0) is 15.5. The van der Waals surface area contributed by atoms with Gasteiger partial charge in [-0.25, -0.2) is 8.42 Å². The molecule has 0 aromatic carbocycles. The summed E-state index contributed by atoms with van der Waals surface area (Å²) in [6.07, 6.45) is 1.60. The average molecular weight is 332 g/mol. The van der Waals surface area contributed by atoms with Crippen molar-refractivity contribution in [3.8, 4) is 0 Å². The van der Waals surface area contributed by atoms with Gasteiger partial charge in [0.1, 0.15) is 4.21 Å². The lowest BCUT2D eigenvalue weighted by atomic mass is 10.2. The summed E-state index contributed by atoms with van der Waals surface area (Å²) in [6.45, 7) is 7.09. The molecule has 1 saturated heterocycles. The summed E-state index contributed by atoms with van der Waals surface area (Å²) >= 11 is 1.27. The maximum atomic E-state index is 12.6. The fourth-order valence-corrected chi connectivity index (χ4v) is 5.43. The molecule has 0 spiro atoms. The molecule has 1 N–H and O–H groups in total. The van der Waals surface area contributed by atoms with Crippen LogP contribution < -0.4 is 0 Å².